The van der Waals surface area contributed by atoms with Gasteiger partial charge >= 0.3 is 41.6 Å². The molecule has 202 valence electrons. The van der Waals surface area contributed by atoms with Crippen LogP contribution in [0.15, 0.2) is 115 Å². The van der Waals surface area contributed by atoms with Crippen LogP contribution in [0.4, 0.5) is 11.6 Å². The summed E-state index contributed by atoms with van der Waals surface area (Å²) >= 11 is 0.759. The fourth-order valence-electron chi connectivity index (χ4n) is 4.19. The van der Waals surface area contributed by atoms with Gasteiger partial charge < -0.3 is 20.0 Å². The zero-order valence-electron chi connectivity index (χ0n) is 22.4. The number of benzene rings is 5. The van der Waals surface area contributed by atoms with Crippen molar-refractivity contribution in [1.82, 2.24) is 15.0 Å². The van der Waals surface area contributed by atoms with Crippen LogP contribution in [0, 0.1) is 0 Å². The van der Waals surface area contributed by atoms with E-state index in [0.29, 0.717) is 22.1 Å². The molecule has 5 aromatic carbocycles. The van der Waals surface area contributed by atoms with Crippen LogP contribution in [0.5, 0.6) is 23.5 Å². The second kappa shape index (κ2) is 13.8. The van der Waals surface area contributed by atoms with Gasteiger partial charge in [-0.05, 0) is 63.5 Å². The number of aromatic nitrogens is 3. The molecule has 1 aromatic heterocycles. The van der Waals surface area contributed by atoms with E-state index in [0.717, 1.165) is 39.2 Å². The number of rotatable bonds is 10. The summed E-state index contributed by atoms with van der Waals surface area (Å²) in [6, 6.07) is 32.8. The van der Waals surface area contributed by atoms with E-state index in [1.807, 2.05) is 84.9 Å². The fraction of sp³-hybridized carbons (Fsp3) is 0. The number of hydrogen-bond donors (Lipinski definition) is 1. The molecule has 0 bridgehead atoms. The Balaban J connectivity index is 0.00000353. The summed E-state index contributed by atoms with van der Waals surface area (Å²) in [4.78, 5) is 13.9. The van der Waals surface area contributed by atoms with Crippen molar-refractivity contribution in [2.75, 3.05) is 5.32 Å². The second-order valence-electron chi connectivity index (χ2n) is 8.75. The van der Waals surface area contributed by atoms with Crippen LogP contribution in [-0.4, -0.2) is 15.0 Å². The smallest absolute Gasteiger partial charge is 0.691 e. The van der Waals surface area contributed by atoms with E-state index in [2.05, 4.69) is 36.2 Å². The van der Waals surface area contributed by atoms with Gasteiger partial charge in [0.2, 0.25) is 5.95 Å². The number of fused-ring (bicyclic) bond motifs is 2. The quantitative estimate of drug-likeness (QED) is 0.108. The van der Waals surface area contributed by atoms with Crippen molar-refractivity contribution in [3.05, 3.63) is 115 Å². The third kappa shape index (κ3) is 7.07. The topological polar surface area (TPSA) is 111 Å². The Labute approximate surface area is 267 Å². The first kappa shape index (κ1) is 29.5. The summed E-state index contributed by atoms with van der Waals surface area (Å²) in [5.41, 5.74) is 1.35. The first-order chi connectivity index (χ1) is 20.2. The second-order valence-corrected chi connectivity index (χ2v) is 9.49. The van der Waals surface area contributed by atoms with Crippen molar-refractivity contribution >= 4 is 51.3 Å². The van der Waals surface area contributed by atoms with E-state index in [1.165, 1.54) is 0 Å². The zero-order valence-corrected chi connectivity index (χ0v) is 25.2. The molecule has 9 nitrogen and oxygen atoms in total. The van der Waals surface area contributed by atoms with Gasteiger partial charge in [-0.25, -0.2) is 0 Å². The molecule has 0 saturated heterocycles. The largest absolute Gasteiger partial charge is 1.00 e. The molecule has 0 aliphatic heterocycles. The van der Waals surface area contributed by atoms with E-state index in [9.17, 15) is 5.26 Å². The molecule has 0 radical (unpaired) electrons. The average molecular weight is 585 g/mol. The van der Waals surface area contributed by atoms with E-state index in [1.54, 1.807) is 24.3 Å². The third-order valence-electron chi connectivity index (χ3n) is 6.10. The van der Waals surface area contributed by atoms with Gasteiger partial charge in [-0.15, -0.1) is 4.98 Å². The molecule has 0 aliphatic carbocycles. The minimum Gasteiger partial charge on any atom is -0.691 e. The van der Waals surface area contributed by atoms with E-state index >= 15 is 0 Å². The summed E-state index contributed by atoms with van der Waals surface area (Å²) in [5, 5.41) is 21.2. The van der Waals surface area contributed by atoms with Crippen molar-refractivity contribution in [3.63, 3.8) is 0 Å². The van der Waals surface area contributed by atoms with E-state index in [-0.39, 0.29) is 47.5 Å². The zero-order chi connectivity index (χ0) is 28.0. The van der Waals surface area contributed by atoms with E-state index < -0.39 is 0 Å². The van der Waals surface area contributed by atoms with Crippen molar-refractivity contribution in [3.8, 4) is 23.5 Å². The molecule has 1 heterocycles. The molecule has 6 aromatic rings. The molecular weight excluding hydrogens is 563 g/mol. The Morgan fingerprint density at radius 2 is 1.26 bits per heavy atom. The van der Waals surface area contributed by atoms with Crippen LogP contribution in [0.1, 0.15) is 5.56 Å². The van der Waals surface area contributed by atoms with Crippen molar-refractivity contribution in [2.24, 2.45) is 0 Å². The fourth-order valence-corrected chi connectivity index (χ4v) is 4.71. The first-order valence-electron chi connectivity index (χ1n) is 12.4. The molecule has 0 saturated carbocycles. The Hall–Kier alpha value is -4.00. The predicted molar refractivity (Wildman–Crippen MR) is 156 cm³/mol. The molecule has 0 spiro atoms. The minimum atomic E-state index is 0. The Bertz CT molecular complexity index is 1770. The molecule has 0 atom stereocenters. The monoisotopic (exact) mass is 584 g/mol. The van der Waals surface area contributed by atoms with Crippen LogP contribution < -0.4 is 49.6 Å². The average Bonchev–Trinajstić information content (AvgIpc) is 3.00. The number of ether oxygens (including phenoxy) is 2. The number of anilines is 2. The maximum Gasteiger partial charge on any atom is 1.00 e. The van der Waals surface area contributed by atoms with Gasteiger partial charge in [-0.2, -0.15) is 14.3 Å². The molecule has 42 heavy (non-hydrogen) atoms. The van der Waals surface area contributed by atoms with Crippen LogP contribution in [-0.2, 0) is 9.37 Å². The first-order valence-corrected chi connectivity index (χ1v) is 13.2. The molecule has 6 rings (SSSR count). The van der Waals surface area contributed by atoms with Gasteiger partial charge in [0.1, 0.15) is 11.5 Å². The third-order valence-corrected chi connectivity index (χ3v) is 6.75. The Morgan fingerprint density at radius 1 is 0.690 bits per heavy atom. The van der Waals surface area contributed by atoms with Crippen molar-refractivity contribution in [2.45, 2.75) is 4.90 Å². The van der Waals surface area contributed by atoms with Gasteiger partial charge in [0.25, 0.3) is 0 Å². The Morgan fingerprint density at radius 3 is 1.81 bits per heavy atom. The van der Waals surface area contributed by atoms with Crippen LogP contribution in [0.3, 0.4) is 0 Å². The summed E-state index contributed by atoms with van der Waals surface area (Å²) in [5.74, 6) is 1.29. The van der Waals surface area contributed by atoms with Gasteiger partial charge in [-0.3, -0.25) is 5.04 Å². The molecule has 11 heteroatoms. The summed E-state index contributed by atoms with van der Waals surface area (Å²) in [7, 11) is 0. The SMILES string of the molecule is C=Cc1ccc(Nc2nc(Oc3ccc4ccccc4c3)nc(Oc3ccc4ccccc4c3)n2)cc1SOO[O-].[Na+]. The minimum absolute atomic E-state index is 0. The maximum atomic E-state index is 10.4. The standard InChI is InChI=1S/C31H22N4O5S.Na/c1-2-20-11-14-25(19-28(20)41-40-39-36)32-29-33-30(37-26-15-12-21-7-3-5-9-23(21)17-26)35-31(34-29)38-27-16-13-22-8-4-6-10-24(22)18-27;/h2-19,36H,1H2,(H,32,33,34,35);/q;+1/p-1. The molecule has 0 aliphatic rings. The van der Waals surface area contributed by atoms with Gasteiger partial charge in [-0.1, -0.05) is 79.4 Å². The van der Waals surface area contributed by atoms with Gasteiger partial charge in [0, 0.05) is 10.6 Å². The van der Waals surface area contributed by atoms with Crippen LogP contribution >= 0.6 is 12.0 Å². The molecule has 0 fully saturated rings. The normalized spacial score (nSPS) is 10.7. The van der Waals surface area contributed by atoms with Crippen molar-refractivity contribution in [1.29, 1.82) is 0 Å². The van der Waals surface area contributed by atoms with Crippen molar-refractivity contribution < 1.29 is 53.7 Å². The van der Waals surface area contributed by atoms with Gasteiger partial charge in [0.05, 0.1) is 12.0 Å². The van der Waals surface area contributed by atoms with E-state index in [4.69, 9.17) is 9.47 Å². The summed E-state index contributed by atoms with van der Waals surface area (Å²) in [6.07, 6.45) is 1.63. The van der Waals surface area contributed by atoms with Crippen LogP contribution in [0.2, 0.25) is 0 Å². The summed E-state index contributed by atoms with van der Waals surface area (Å²) in [6.45, 7) is 3.78. The number of nitrogens with zero attached hydrogens (tertiary/aromatic N) is 3. The molecule has 1 N–H and O–H groups in total. The van der Waals surface area contributed by atoms with Crippen LogP contribution in [0.25, 0.3) is 27.6 Å². The molecule has 0 unspecified atom stereocenters. The predicted octanol–water partition coefficient (Wildman–Crippen LogP) is 4.38. The van der Waals surface area contributed by atoms with Gasteiger partial charge in [0.15, 0.2) is 0 Å². The number of hydrogen-bond acceptors (Lipinski definition) is 10. The molecule has 0 amide bonds. The maximum absolute atomic E-state index is 10.4. The number of nitrogens with one attached hydrogen (secondary N) is 1. The summed E-state index contributed by atoms with van der Waals surface area (Å²) < 4.78 is 16.6. The Kier molecular flexibility index (Phi) is 9.67. The molecular formula is C31H21N4NaO5S.